The molecule has 0 saturated heterocycles. The average Bonchev–Trinajstić information content (AvgIpc) is 2.40. The monoisotopic (exact) mass is 287 g/mol. The molecule has 0 saturated carbocycles. The molecule has 0 atom stereocenters. The molecule has 0 aliphatic rings. The van der Waals surface area contributed by atoms with Gasteiger partial charge >= 0.3 is 6.18 Å². The predicted octanol–water partition coefficient (Wildman–Crippen LogP) is 2.79. The molecule has 0 fully saturated rings. The Morgan fingerprint density at radius 1 is 1.25 bits per heavy atom. The minimum atomic E-state index is -4.35. The molecule has 1 aromatic rings. The third kappa shape index (κ3) is 8.31. The van der Waals surface area contributed by atoms with Gasteiger partial charge in [0.1, 0.15) is 6.61 Å². The Morgan fingerprint density at radius 2 is 1.95 bits per heavy atom. The normalized spacial score (nSPS) is 11.8. The summed E-state index contributed by atoms with van der Waals surface area (Å²) >= 11 is 0. The Labute approximate surface area is 115 Å². The first-order chi connectivity index (χ1) is 9.47. The first kappa shape index (κ1) is 16.2. The molecular weight excluding hydrogens is 271 g/mol. The van der Waals surface area contributed by atoms with Gasteiger partial charge in [0.2, 0.25) is 5.91 Å². The second kappa shape index (κ2) is 8.37. The summed E-state index contributed by atoms with van der Waals surface area (Å²) in [6.07, 6.45) is -0.825. The van der Waals surface area contributed by atoms with E-state index >= 15 is 0 Å². The molecule has 0 unspecified atom stereocenters. The molecule has 0 heterocycles. The molecule has 0 aliphatic heterocycles. The van der Waals surface area contributed by atoms with Gasteiger partial charge in [-0.05, 0) is 5.56 Å². The molecule has 6 heteroatoms. The summed E-state index contributed by atoms with van der Waals surface area (Å²) in [5, 5.41) is 2.56. The minimum absolute atomic E-state index is 0.0880. The van der Waals surface area contributed by atoms with E-state index in [-0.39, 0.29) is 18.9 Å². The van der Waals surface area contributed by atoms with Crippen molar-refractivity contribution < 1.29 is 22.7 Å². The lowest BCUT2D eigenvalue weighted by atomic mass is 10.2. The molecule has 1 N–H and O–H groups in total. The highest BCUT2D eigenvalue weighted by molar-refractivity contribution is 5.76. The van der Waals surface area contributed by atoms with Crippen LogP contribution in [0.1, 0.15) is 12.0 Å². The second-order valence-electron chi connectivity index (χ2n) is 4.03. The lowest BCUT2D eigenvalue weighted by molar-refractivity contribution is -0.174. The molecule has 3 nitrogen and oxygen atoms in total. The minimum Gasteiger partial charge on any atom is -0.372 e. The van der Waals surface area contributed by atoms with Gasteiger partial charge in [0.25, 0.3) is 0 Å². The van der Waals surface area contributed by atoms with Crippen molar-refractivity contribution in [3.63, 3.8) is 0 Å². The molecular formula is C14H16F3NO2. The van der Waals surface area contributed by atoms with Gasteiger partial charge < -0.3 is 10.1 Å². The molecule has 1 aromatic carbocycles. The van der Waals surface area contributed by atoms with E-state index in [4.69, 9.17) is 0 Å². The van der Waals surface area contributed by atoms with Crippen molar-refractivity contribution in [1.29, 1.82) is 0 Å². The summed E-state index contributed by atoms with van der Waals surface area (Å²) in [5.41, 5.74) is 1.01. The van der Waals surface area contributed by atoms with Gasteiger partial charge in [-0.1, -0.05) is 42.5 Å². The van der Waals surface area contributed by atoms with E-state index in [0.717, 1.165) is 5.56 Å². The highest BCUT2D eigenvalue weighted by Gasteiger charge is 2.27. The number of hydrogen-bond acceptors (Lipinski definition) is 2. The Kier molecular flexibility index (Phi) is 6.79. The number of ether oxygens (including phenoxy) is 1. The van der Waals surface area contributed by atoms with Crippen LogP contribution < -0.4 is 5.32 Å². The van der Waals surface area contributed by atoms with Crippen molar-refractivity contribution in [3.05, 3.63) is 42.0 Å². The number of alkyl halides is 3. The van der Waals surface area contributed by atoms with E-state index in [1.54, 1.807) is 6.08 Å². The SMILES string of the molecule is O=C(CCOCC(F)(F)F)NC/C=C\c1ccccc1. The smallest absolute Gasteiger partial charge is 0.372 e. The average molecular weight is 287 g/mol. The van der Waals surface area contributed by atoms with E-state index in [1.807, 2.05) is 36.4 Å². The lowest BCUT2D eigenvalue weighted by Crippen LogP contribution is -2.25. The Morgan fingerprint density at radius 3 is 2.60 bits per heavy atom. The van der Waals surface area contributed by atoms with E-state index in [0.29, 0.717) is 6.54 Å². The summed E-state index contributed by atoms with van der Waals surface area (Å²) in [7, 11) is 0. The predicted molar refractivity (Wildman–Crippen MR) is 70.0 cm³/mol. The van der Waals surface area contributed by atoms with Gasteiger partial charge in [-0.3, -0.25) is 4.79 Å². The largest absolute Gasteiger partial charge is 0.411 e. The Hall–Kier alpha value is -1.82. The highest BCUT2D eigenvalue weighted by atomic mass is 19.4. The molecule has 0 bridgehead atoms. The van der Waals surface area contributed by atoms with Gasteiger partial charge in [0.15, 0.2) is 0 Å². The fourth-order valence-corrected chi connectivity index (χ4v) is 1.37. The Balaban J connectivity index is 2.10. The zero-order valence-corrected chi connectivity index (χ0v) is 10.8. The van der Waals surface area contributed by atoms with Crippen LogP contribution in [0, 0.1) is 0 Å². The number of nitrogens with one attached hydrogen (secondary N) is 1. The third-order valence-electron chi connectivity index (χ3n) is 2.27. The number of benzene rings is 1. The van der Waals surface area contributed by atoms with E-state index in [9.17, 15) is 18.0 Å². The zero-order valence-electron chi connectivity index (χ0n) is 10.8. The molecule has 20 heavy (non-hydrogen) atoms. The second-order valence-corrected chi connectivity index (χ2v) is 4.03. The van der Waals surface area contributed by atoms with Crippen LogP contribution in [0.25, 0.3) is 6.08 Å². The van der Waals surface area contributed by atoms with Crippen molar-refractivity contribution in [1.82, 2.24) is 5.32 Å². The number of hydrogen-bond donors (Lipinski definition) is 1. The maximum Gasteiger partial charge on any atom is 0.411 e. The van der Waals surface area contributed by atoms with Crippen LogP contribution >= 0.6 is 0 Å². The molecule has 1 rings (SSSR count). The van der Waals surface area contributed by atoms with Crippen molar-refractivity contribution in [3.8, 4) is 0 Å². The van der Waals surface area contributed by atoms with Gasteiger partial charge in [-0.2, -0.15) is 13.2 Å². The number of carbonyl (C=O) groups excluding carboxylic acids is 1. The standard InChI is InChI=1S/C14H16F3NO2/c15-14(16,17)11-20-10-8-13(19)18-9-4-7-12-5-2-1-3-6-12/h1-7H,8-11H2,(H,18,19)/b7-4-. The number of carbonyl (C=O) groups is 1. The number of rotatable bonds is 7. The quantitative estimate of drug-likeness (QED) is 0.783. The summed E-state index contributed by atoms with van der Waals surface area (Å²) in [6.45, 7) is -1.24. The zero-order chi connectivity index (χ0) is 14.8. The van der Waals surface area contributed by atoms with Crippen LogP contribution in [0.3, 0.4) is 0 Å². The van der Waals surface area contributed by atoms with Crippen LogP contribution in [-0.4, -0.2) is 31.8 Å². The Bertz CT molecular complexity index is 430. The molecule has 0 aromatic heterocycles. The van der Waals surface area contributed by atoms with Crippen molar-refractivity contribution in [2.45, 2.75) is 12.6 Å². The van der Waals surface area contributed by atoms with Crippen LogP contribution in [0.5, 0.6) is 0 Å². The van der Waals surface area contributed by atoms with Crippen LogP contribution in [0.4, 0.5) is 13.2 Å². The summed E-state index contributed by atoms with van der Waals surface area (Å²) in [5.74, 6) is -0.343. The van der Waals surface area contributed by atoms with Crippen molar-refractivity contribution in [2.75, 3.05) is 19.8 Å². The highest BCUT2D eigenvalue weighted by Crippen LogP contribution is 2.14. The van der Waals surface area contributed by atoms with Crippen LogP contribution in [0.2, 0.25) is 0 Å². The van der Waals surface area contributed by atoms with Crippen LogP contribution in [-0.2, 0) is 9.53 Å². The van der Waals surface area contributed by atoms with Crippen molar-refractivity contribution >= 4 is 12.0 Å². The molecule has 0 aliphatic carbocycles. The van der Waals surface area contributed by atoms with E-state index in [2.05, 4.69) is 10.1 Å². The molecule has 1 amide bonds. The van der Waals surface area contributed by atoms with Gasteiger partial charge in [-0.15, -0.1) is 0 Å². The van der Waals surface area contributed by atoms with Gasteiger partial charge in [-0.25, -0.2) is 0 Å². The fraction of sp³-hybridized carbons (Fsp3) is 0.357. The maximum absolute atomic E-state index is 11.8. The topological polar surface area (TPSA) is 38.3 Å². The number of amides is 1. The molecule has 0 spiro atoms. The molecule has 110 valence electrons. The lowest BCUT2D eigenvalue weighted by Gasteiger charge is -2.07. The van der Waals surface area contributed by atoms with Crippen molar-refractivity contribution in [2.24, 2.45) is 0 Å². The third-order valence-corrected chi connectivity index (χ3v) is 2.27. The first-order valence-corrected chi connectivity index (χ1v) is 6.10. The van der Waals surface area contributed by atoms with Crippen LogP contribution in [0.15, 0.2) is 36.4 Å². The van der Waals surface area contributed by atoms with Gasteiger partial charge in [0, 0.05) is 13.0 Å². The van der Waals surface area contributed by atoms with E-state index < -0.39 is 12.8 Å². The maximum atomic E-state index is 11.8. The number of halogens is 3. The summed E-state index contributed by atoms with van der Waals surface area (Å²) < 4.78 is 39.6. The molecule has 0 radical (unpaired) electrons. The first-order valence-electron chi connectivity index (χ1n) is 6.10. The summed E-state index contributed by atoms with van der Waals surface area (Å²) in [6, 6.07) is 9.54. The fourth-order valence-electron chi connectivity index (χ4n) is 1.37. The van der Waals surface area contributed by atoms with Gasteiger partial charge in [0.05, 0.1) is 6.61 Å². The summed E-state index contributed by atoms with van der Waals surface area (Å²) in [4.78, 5) is 11.3. The van der Waals surface area contributed by atoms with E-state index in [1.165, 1.54) is 0 Å².